The van der Waals surface area contributed by atoms with Crippen molar-refractivity contribution in [3.8, 4) is 0 Å². The molecule has 0 bridgehead atoms. The van der Waals surface area contributed by atoms with Crippen LogP contribution >= 0.6 is 11.9 Å². The third-order valence-corrected chi connectivity index (χ3v) is 2.15. The summed E-state index contributed by atoms with van der Waals surface area (Å²) in [5.41, 5.74) is 0. The van der Waals surface area contributed by atoms with Crippen LogP contribution in [-0.4, -0.2) is 19.9 Å². The molecule has 0 amide bonds. The molecule has 2 rings (SSSR count). The van der Waals surface area contributed by atoms with Crippen molar-refractivity contribution in [3.05, 3.63) is 36.9 Å². The lowest BCUT2D eigenvalue weighted by Gasteiger charge is -1.93. The minimum absolute atomic E-state index is 0.671. The van der Waals surface area contributed by atoms with Gasteiger partial charge in [-0.2, -0.15) is 9.97 Å². The van der Waals surface area contributed by atoms with Crippen molar-refractivity contribution in [2.24, 2.45) is 0 Å². The van der Waals surface area contributed by atoms with E-state index in [0.29, 0.717) is 11.1 Å². The van der Waals surface area contributed by atoms with Crippen LogP contribution in [0.2, 0.25) is 0 Å². The number of nitrogens with zero attached hydrogens (tertiary/aromatic N) is 4. The van der Waals surface area contributed by atoms with Crippen LogP contribution in [0.1, 0.15) is 0 Å². The number of nitrogens with two attached hydrogens (primary N) is 1. The lowest BCUT2D eigenvalue weighted by atomic mass is 10.7. The van der Waals surface area contributed by atoms with Crippen LogP contribution in [0.15, 0.2) is 42.1 Å². The lowest BCUT2D eigenvalue weighted by Crippen LogP contribution is -2.69. The van der Waals surface area contributed by atoms with Gasteiger partial charge < -0.3 is 0 Å². The van der Waals surface area contributed by atoms with Gasteiger partial charge in [0.2, 0.25) is 5.16 Å². The first-order valence-corrected chi connectivity index (χ1v) is 4.87. The quantitative estimate of drug-likeness (QED) is 0.572. The number of hydrogen-bond acceptors (Lipinski definition) is 5. The summed E-state index contributed by atoms with van der Waals surface area (Å²) in [4.78, 5) is 16.2. The average molecular weight is 206 g/mol. The molecule has 0 spiro atoms. The Hall–Kier alpha value is -1.53. The topological polar surface area (TPSA) is 68.2 Å². The predicted molar refractivity (Wildman–Crippen MR) is 51.5 cm³/mol. The average Bonchev–Trinajstić information content (AvgIpc) is 2.29. The highest BCUT2D eigenvalue weighted by molar-refractivity contribution is 7.92. The summed E-state index contributed by atoms with van der Waals surface area (Å²) in [7, 11) is 0. The van der Waals surface area contributed by atoms with Crippen LogP contribution in [-0.2, 0) is 0 Å². The molecule has 0 aromatic carbocycles. The Labute approximate surface area is 85.2 Å². The molecule has 5 nitrogen and oxygen atoms in total. The van der Waals surface area contributed by atoms with Gasteiger partial charge in [-0.25, -0.2) is 14.7 Å². The molecule has 6 heteroatoms. The maximum Gasteiger partial charge on any atom is 0.337 e. The predicted octanol–water partition coefficient (Wildman–Crippen LogP) is 0.169. The van der Waals surface area contributed by atoms with E-state index in [-0.39, 0.29) is 0 Å². The molecule has 0 aliphatic heterocycles. The van der Waals surface area contributed by atoms with Crippen molar-refractivity contribution in [1.29, 1.82) is 0 Å². The van der Waals surface area contributed by atoms with Crippen molar-refractivity contribution in [2.45, 2.75) is 5.16 Å². The minimum Gasteiger partial charge on any atom is -0.226 e. The van der Waals surface area contributed by atoms with E-state index >= 15 is 0 Å². The van der Waals surface area contributed by atoms with Gasteiger partial charge in [0.15, 0.2) is 11.9 Å². The van der Waals surface area contributed by atoms with Crippen LogP contribution in [0, 0.1) is 0 Å². The Morgan fingerprint density at radius 1 is 0.857 bits per heavy atom. The van der Waals surface area contributed by atoms with Crippen molar-refractivity contribution in [3.63, 3.8) is 0 Å². The van der Waals surface area contributed by atoms with Gasteiger partial charge >= 0.3 is 5.95 Å². The molecular formula is C8H8N5S+. The summed E-state index contributed by atoms with van der Waals surface area (Å²) >= 11 is 1.40. The second kappa shape index (κ2) is 4.64. The Morgan fingerprint density at radius 2 is 1.43 bits per heavy atom. The van der Waals surface area contributed by atoms with E-state index in [1.54, 1.807) is 36.9 Å². The molecule has 14 heavy (non-hydrogen) atoms. The summed E-state index contributed by atoms with van der Waals surface area (Å²) in [5.74, 6) is 0.671. The van der Waals surface area contributed by atoms with E-state index in [1.807, 2.05) is 4.72 Å². The largest absolute Gasteiger partial charge is 0.337 e. The minimum atomic E-state index is 0.671. The second-order valence-electron chi connectivity index (χ2n) is 2.37. The molecule has 0 saturated heterocycles. The first-order valence-electron chi connectivity index (χ1n) is 3.99. The van der Waals surface area contributed by atoms with Crippen molar-refractivity contribution >= 4 is 17.9 Å². The highest BCUT2D eigenvalue weighted by Gasteiger charge is 2.03. The number of aromatic nitrogens is 4. The highest BCUT2D eigenvalue weighted by Crippen LogP contribution is 2.00. The van der Waals surface area contributed by atoms with Gasteiger partial charge in [-0.3, -0.25) is 0 Å². The standard InChI is InChI=1S/C8H7N5S/c1-3-9-7(10-4-1)13-14-8-11-5-2-6-12-8/h1-6H,(H,9,10,13)/p+1. The molecular weight excluding hydrogens is 198 g/mol. The summed E-state index contributed by atoms with van der Waals surface area (Å²) in [6.07, 6.45) is 6.81. The van der Waals surface area contributed by atoms with Crippen molar-refractivity contribution in [2.75, 3.05) is 0 Å². The van der Waals surface area contributed by atoms with Crippen LogP contribution in [0.3, 0.4) is 0 Å². The molecule has 2 aromatic heterocycles. The van der Waals surface area contributed by atoms with Crippen molar-refractivity contribution in [1.82, 2.24) is 19.9 Å². The molecule has 2 heterocycles. The fraction of sp³-hybridized carbons (Fsp3) is 0. The molecule has 0 radical (unpaired) electrons. The Balaban J connectivity index is 1.96. The normalized spacial score (nSPS) is 10.0. The molecule has 2 N–H and O–H groups in total. The smallest absolute Gasteiger partial charge is 0.226 e. The molecule has 0 atom stereocenters. The van der Waals surface area contributed by atoms with Crippen LogP contribution in [0.25, 0.3) is 0 Å². The third kappa shape index (κ3) is 2.48. The SMILES string of the molecule is c1cnc([NH2+]Sc2ncccn2)nc1. The first kappa shape index (κ1) is 9.04. The Morgan fingerprint density at radius 3 is 2.07 bits per heavy atom. The highest BCUT2D eigenvalue weighted by atomic mass is 32.2. The summed E-state index contributed by atoms with van der Waals surface area (Å²) < 4.78 is 1.81. The van der Waals surface area contributed by atoms with Gasteiger partial charge in [0.25, 0.3) is 0 Å². The molecule has 2 aromatic rings. The molecule has 0 fully saturated rings. The van der Waals surface area contributed by atoms with E-state index in [4.69, 9.17) is 0 Å². The van der Waals surface area contributed by atoms with Gasteiger partial charge in [-0.05, 0) is 12.1 Å². The van der Waals surface area contributed by atoms with E-state index in [9.17, 15) is 0 Å². The summed E-state index contributed by atoms with van der Waals surface area (Å²) in [6, 6.07) is 3.56. The van der Waals surface area contributed by atoms with Gasteiger partial charge in [-0.1, -0.05) is 0 Å². The van der Waals surface area contributed by atoms with Gasteiger partial charge in [0.05, 0.1) is 0 Å². The van der Waals surface area contributed by atoms with E-state index < -0.39 is 0 Å². The maximum atomic E-state index is 4.06. The number of rotatable bonds is 3. The van der Waals surface area contributed by atoms with E-state index in [0.717, 1.165) is 0 Å². The second-order valence-corrected chi connectivity index (χ2v) is 3.21. The zero-order valence-electron chi connectivity index (χ0n) is 7.24. The Bertz CT molecular complexity index is 340. The maximum absolute atomic E-state index is 4.06. The van der Waals surface area contributed by atoms with E-state index in [2.05, 4.69) is 19.9 Å². The lowest BCUT2D eigenvalue weighted by molar-refractivity contribution is -0.388. The van der Waals surface area contributed by atoms with Crippen LogP contribution in [0.5, 0.6) is 0 Å². The molecule has 70 valence electrons. The first-order chi connectivity index (χ1) is 6.95. The fourth-order valence-electron chi connectivity index (χ4n) is 0.823. The van der Waals surface area contributed by atoms with Gasteiger partial charge in [0, 0.05) is 24.8 Å². The fourth-order valence-corrected chi connectivity index (χ4v) is 1.40. The number of quaternary nitrogens is 1. The molecule has 0 aliphatic carbocycles. The summed E-state index contributed by atoms with van der Waals surface area (Å²) in [5, 5.41) is 0.694. The third-order valence-electron chi connectivity index (χ3n) is 1.40. The summed E-state index contributed by atoms with van der Waals surface area (Å²) in [6.45, 7) is 0. The monoisotopic (exact) mass is 206 g/mol. The Kier molecular flexibility index (Phi) is 2.99. The number of hydrogen-bond donors (Lipinski definition) is 1. The van der Waals surface area contributed by atoms with E-state index in [1.165, 1.54) is 11.9 Å². The zero-order valence-corrected chi connectivity index (χ0v) is 8.06. The van der Waals surface area contributed by atoms with Crippen LogP contribution in [0.4, 0.5) is 5.95 Å². The molecule has 0 unspecified atom stereocenters. The molecule has 0 aliphatic rings. The van der Waals surface area contributed by atoms with Crippen LogP contribution < -0.4 is 4.72 Å². The molecule has 0 saturated carbocycles. The van der Waals surface area contributed by atoms with Gasteiger partial charge in [0.1, 0.15) is 0 Å². The van der Waals surface area contributed by atoms with Crippen molar-refractivity contribution < 1.29 is 4.72 Å². The van der Waals surface area contributed by atoms with Gasteiger partial charge in [-0.15, -0.1) is 0 Å². The zero-order chi connectivity index (χ0) is 9.64.